The molecule has 0 fully saturated rings. The van der Waals surface area contributed by atoms with Crippen molar-refractivity contribution in [1.82, 2.24) is 0 Å². The van der Waals surface area contributed by atoms with Crippen molar-refractivity contribution in [1.29, 1.82) is 0 Å². The quantitative estimate of drug-likeness (QED) is 0.917. The van der Waals surface area contributed by atoms with Crippen LogP contribution in [0.4, 0.5) is 4.39 Å². The lowest BCUT2D eigenvalue weighted by Crippen LogP contribution is -2.01. The summed E-state index contributed by atoms with van der Waals surface area (Å²) in [6.45, 7) is -0.120. The largest absolute Gasteiger partial charge is 0.493 e. The van der Waals surface area contributed by atoms with Gasteiger partial charge in [0.05, 0.1) is 14.2 Å². The molecule has 3 nitrogen and oxygen atoms in total. The SMILES string of the molecule is COc1cc(Br)c(CCO)c(F)c1OC. The minimum absolute atomic E-state index is 0.0594. The molecular weight excluding hydrogens is 267 g/mol. The highest BCUT2D eigenvalue weighted by Gasteiger charge is 2.17. The minimum Gasteiger partial charge on any atom is -0.493 e. The Kier molecular flexibility index (Phi) is 4.35. The van der Waals surface area contributed by atoms with Crippen LogP contribution in [0, 0.1) is 5.82 Å². The molecule has 0 aliphatic carbocycles. The molecular formula is C10H12BrFO3. The second kappa shape index (κ2) is 5.32. The zero-order valence-electron chi connectivity index (χ0n) is 8.51. The first kappa shape index (κ1) is 12.3. The van der Waals surface area contributed by atoms with E-state index in [-0.39, 0.29) is 18.8 Å². The van der Waals surface area contributed by atoms with Crippen LogP contribution in [0.1, 0.15) is 5.56 Å². The number of aliphatic hydroxyl groups excluding tert-OH is 1. The van der Waals surface area contributed by atoms with Crippen LogP contribution in [0.5, 0.6) is 11.5 Å². The summed E-state index contributed by atoms with van der Waals surface area (Å²) < 4.78 is 24.3. The lowest BCUT2D eigenvalue weighted by atomic mass is 10.1. The average molecular weight is 279 g/mol. The highest BCUT2D eigenvalue weighted by molar-refractivity contribution is 9.10. The summed E-state index contributed by atoms with van der Waals surface area (Å²) in [4.78, 5) is 0. The van der Waals surface area contributed by atoms with Crippen LogP contribution in [0.25, 0.3) is 0 Å². The van der Waals surface area contributed by atoms with E-state index < -0.39 is 5.82 Å². The average Bonchev–Trinajstić information content (AvgIpc) is 2.23. The van der Waals surface area contributed by atoms with E-state index in [9.17, 15) is 4.39 Å². The first-order chi connectivity index (χ1) is 7.15. The van der Waals surface area contributed by atoms with Crippen molar-refractivity contribution >= 4 is 15.9 Å². The van der Waals surface area contributed by atoms with Gasteiger partial charge in [-0.2, -0.15) is 0 Å². The molecule has 15 heavy (non-hydrogen) atoms. The molecule has 0 aliphatic heterocycles. The number of ether oxygens (including phenoxy) is 2. The Bertz CT molecular complexity index is 355. The molecule has 0 bridgehead atoms. The fourth-order valence-electron chi connectivity index (χ4n) is 1.30. The molecule has 0 atom stereocenters. The predicted octanol–water partition coefficient (Wildman–Crippen LogP) is 2.14. The number of halogens is 2. The molecule has 1 aromatic carbocycles. The Morgan fingerprint density at radius 3 is 2.53 bits per heavy atom. The van der Waals surface area contributed by atoms with Gasteiger partial charge < -0.3 is 14.6 Å². The lowest BCUT2D eigenvalue weighted by Gasteiger charge is -2.13. The zero-order chi connectivity index (χ0) is 11.4. The smallest absolute Gasteiger partial charge is 0.197 e. The highest BCUT2D eigenvalue weighted by atomic mass is 79.9. The van der Waals surface area contributed by atoms with Crippen LogP contribution in [-0.4, -0.2) is 25.9 Å². The molecule has 0 amide bonds. The summed E-state index contributed by atoms with van der Waals surface area (Å²) in [5.41, 5.74) is 0.384. The lowest BCUT2D eigenvalue weighted by molar-refractivity contribution is 0.294. The number of methoxy groups -OCH3 is 2. The first-order valence-corrected chi connectivity index (χ1v) is 5.14. The molecule has 1 rings (SSSR count). The fourth-order valence-corrected chi connectivity index (χ4v) is 1.88. The summed E-state index contributed by atoms with van der Waals surface area (Å²) in [5, 5.41) is 8.80. The Labute approximate surface area is 95.9 Å². The van der Waals surface area contributed by atoms with Crippen molar-refractivity contribution in [3.8, 4) is 11.5 Å². The molecule has 0 spiro atoms. The zero-order valence-corrected chi connectivity index (χ0v) is 10.1. The molecule has 1 N–H and O–H groups in total. The van der Waals surface area contributed by atoms with Gasteiger partial charge in [-0.15, -0.1) is 0 Å². The third-order valence-electron chi connectivity index (χ3n) is 2.02. The van der Waals surface area contributed by atoms with Gasteiger partial charge in [-0.05, 0) is 12.5 Å². The van der Waals surface area contributed by atoms with Gasteiger partial charge >= 0.3 is 0 Å². The second-order valence-electron chi connectivity index (χ2n) is 2.86. The molecule has 0 saturated carbocycles. The Balaban J connectivity index is 3.31. The minimum atomic E-state index is -0.502. The predicted molar refractivity (Wildman–Crippen MR) is 58.0 cm³/mol. The number of hydrogen-bond donors (Lipinski definition) is 1. The molecule has 0 radical (unpaired) electrons. The number of aliphatic hydroxyl groups is 1. The van der Waals surface area contributed by atoms with Gasteiger partial charge in [-0.1, -0.05) is 15.9 Å². The van der Waals surface area contributed by atoms with Gasteiger partial charge in [0, 0.05) is 16.6 Å². The summed E-state index contributed by atoms with van der Waals surface area (Å²) >= 11 is 3.22. The van der Waals surface area contributed by atoms with Crippen LogP contribution in [0.15, 0.2) is 10.5 Å². The van der Waals surface area contributed by atoms with Gasteiger partial charge in [0.2, 0.25) is 0 Å². The van der Waals surface area contributed by atoms with Crippen molar-refractivity contribution in [2.75, 3.05) is 20.8 Å². The number of benzene rings is 1. The third-order valence-corrected chi connectivity index (χ3v) is 2.73. The van der Waals surface area contributed by atoms with Crippen molar-refractivity contribution in [2.24, 2.45) is 0 Å². The van der Waals surface area contributed by atoms with Crippen LogP contribution in [0.2, 0.25) is 0 Å². The van der Waals surface area contributed by atoms with E-state index in [0.717, 1.165) is 0 Å². The number of rotatable bonds is 4. The molecule has 5 heteroatoms. The second-order valence-corrected chi connectivity index (χ2v) is 3.71. The summed E-state index contributed by atoms with van der Waals surface area (Å²) in [6.07, 6.45) is 0.229. The summed E-state index contributed by atoms with van der Waals surface area (Å²) in [7, 11) is 2.81. The van der Waals surface area contributed by atoms with Crippen LogP contribution in [0.3, 0.4) is 0 Å². The summed E-state index contributed by atoms with van der Waals surface area (Å²) in [5.74, 6) is -0.120. The molecule has 0 saturated heterocycles. The van der Waals surface area contributed by atoms with E-state index >= 15 is 0 Å². The van der Waals surface area contributed by atoms with Crippen molar-refractivity contribution in [3.63, 3.8) is 0 Å². The molecule has 0 unspecified atom stereocenters. The van der Waals surface area contributed by atoms with Gasteiger partial charge in [0.1, 0.15) is 0 Å². The van der Waals surface area contributed by atoms with Crippen LogP contribution >= 0.6 is 15.9 Å². The molecule has 84 valence electrons. The molecule has 1 aromatic rings. The standard InChI is InChI=1S/C10H12BrFO3/c1-14-8-5-7(11)6(3-4-13)9(12)10(8)15-2/h5,13H,3-4H2,1-2H3. The van der Waals surface area contributed by atoms with E-state index in [1.54, 1.807) is 6.07 Å². The van der Waals surface area contributed by atoms with Crippen molar-refractivity contribution < 1.29 is 19.0 Å². The maximum Gasteiger partial charge on any atom is 0.197 e. The van der Waals surface area contributed by atoms with Gasteiger partial charge in [0.25, 0.3) is 0 Å². The van der Waals surface area contributed by atoms with Gasteiger partial charge in [0.15, 0.2) is 17.3 Å². The van der Waals surface area contributed by atoms with E-state index in [0.29, 0.717) is 15.8 Å². The van der Waals surface area contributed by atoms with Crippen LogP contribution in [-0.2, 0) is 6.42 Å². The van der Waals surface area contributed by atoms with Crippen molar-refractivity contribution in [3.05, 3.63) is 21.9 Å². The Morgan fingerprint density at radius 2 is 2.07 bits per heavy atom. The van der Waals surface area contributed by atoms with E-state index in [2.05, 4.69) is 15.9 Å². The number of hydrogen-bond acceptors (Lipinski definition) is 3. The highest BCUT2D eigenvalue weighted by Crippen LogP contribution is 2.37. The Hall–Kier alpha value is -0.810. The van der Waals surface area contributed by atoms with E-state index in [1.807, 2.05) is 0 Å². The summed E-state index contributed by atoms with van der Waals surface area (Å²) in [6, 6.07) is 1.62. The topological polar surface area (TPSA) is 38.7 Å². The first-order valence-electron chi connectivity index (χ1n) is 4.35. The molecule has 0 aromatic heterocycles. The maximum atomic E-state index is 13.8. The van der Waals surface area contributed by atoms with Crippen LogP contribution < -0.4 is 9.47 Å². The third kappa shape index (κ3) is 2.41. The molecule has 0 heterocycles. The molecule has 0 aliphatic rings. The van der Waals surface area contributed by atoms with Gasteiger partial charge in [-0.3, -0.25) is 0 Å². The van der Waals surface area contributed by atoms with Gasteiger partial charge in [-0.25, -0.2) is 4.39 Å². The van der Waals surface area contributed by atoms with E-state index in [1.165, 1.54) is 14.2 Å². The van der Waals surface area contributed by atoms with Crippen molar-refractivity contribution in [2.45, 2.75) is 6.42 Å². The Morgan fingerprint density at radius 1 is 1.40 bits per heavy atom. The van der Waals surface area contributed by atoms with E-state index in [4.69, 9.17) is 14.6 Å². The maximum absolute atomic E-state index is 13.8. The fraction of sp³-hybridized carbons (Fsp3) is 0.400. The normalized spacial score (nSPS) is 10.2. The monoisotopic (exact) mass is 278 g/mol.